The predicted molar refractivity (Wildman–Crippen MR) is 99.6 cm³/mol. The van der Waals surface area contributed by atoms with E-state index >= 15 is 0 Å². The number of benzene rings is 1. The first-order valence-electron chi connectivity index (χ1n) is 9.34. The van der Waals surface area contributed by atoms with Crippen molar-refractivity contribution in [2.75, 3.05) is 24.5 Å². The smallest absolute Gasteiger partial charge is 0.270 e. The van der Waals surface area contributed by atoms with Gasteiger partial charge in [-0.25, -0.2) is 14.4 Å². The molecule has 2 aromatic rings. The lowest BCUT2D eigenvalue weighted by molar-refractivity contribution is 0.0939. The molecule has 7 heteroatoms. The van der Waals surface area contributed by atoms with Crippen molar-refractivity contribution in [2.45, 2.75) is 32.8 Å². The zero-order valence-corrected chi connectivity index (χ0v) is 15.5. The number of halogens is 1. The summed E-state index contributed by atoms with van der Waals surface area (Å²) in [5.74, 6) is 2.23. The Kier molecular flexibility index (Phi) is 4.68. The number of carbonyl (C=O) groups excluding carboxylic acids is 1. The van der Waals surface area contributed by atoms with Gasteiger partial charge in [-0.2, -0.15) is 0 Å². The van der Waals surface area contributed by atoms with Crippen molar-refractivity contribution >= 4 is 11.7 Å². The topological polar surface area (TPSA) is 67.3 Å². The molecule has 0 unspecified atom stereocenters. The normalized spacial score (nSPS) is 16.7. The van der Waals surface area contributed by atoms with Crippen molar-refractivity contribution in [3.63, 3.8) is 0 Å². The summed E-state index contributed by atoms with van der Waals surface area (Å²) in [6.07, 6.45) is 1.49. The molecule has 0 radical (unpaired) electrons. The number of fused-ring (bicyclic) bond motifs is 1. The fraction of sp³-hybridized carbons (Fsp3) is 0.450. The molecule has 0 saturated carbocycles. The maximum Gasteiger partial charge on any atom is 0.270 e. The number of aromatic nitrogens is 2. The summed E-state index contributed by atoms with van der Waals surface area (Å²) in [6.45, 7) is 6.19. The van der Waals surface area contributed by atoms with Crippen LogP contribution < -0.4 is 15.0 Å². The van der Waals surface area contributed by atoms with Crippen LogP contribution in [-0.2, 0) is 12.8 Å². The standard InChI is InChI=1S/C20H23FN4O2/c1-12(2)9-17-23-18-16(7-8-22-20(18)26)19(24-17)25-10-15(11-25)27-14-5-3-13(21)4-6-14/h3-6,12,15H,7-11H2,1-2H3,(H,22,26). The molecule has 0 spiro atoms. The van der Waals surface area contributed by atoms with E-state index in [0.717, 1.165) is 24.2 Å². The molecule has 2 aliphatic rings. The van der Waals surface area contributed by atoms with Crippen molar-refractivity contribution < 1.29 is 13.9 Å². The van der Waals surface area contributed by atoms with E-state index in [4.69, 9.17) is 9.72 Å². The summed E-state index contributed by atoms with van der Waals surface area (Å²) in [4.78, 5) is 23.7. The fourth-order valence-corrected chi connectivity index (χ4v) is 3.43. The van der Waals surface area contributed by atoms with Gasteiger partial charge >= 0.3 is 0 Å². The second-order valence-corrected chi connectivity index (χ2v) is 7.49. The van der Waals surface area contributed by atoms with E-state index in [2.05, 4.69) is 29.0 Å². The minimum absolute atomic E-state index is 0.0204. The van der Waals surface area contributed by atoms with Crippen LogP contribution in [0.2, 0.25) is 0 Å². The maximum atomic E-state index is 13.0. The molecule has 1 saturated heterocycles. The van der Waals surface area contributed by atoms with Crippen LogP contribution in [0.25, 0.3) is 0 Å². The molecule has 1 aromatic heterocycles. The number of hydrogen-bond donors (Lipinski definition) is 1. The van der Waals surface area contributed by atoms with Crippen molar-refractivity contribution in [3.05, 3.63) is 47.2 Å². The molecule has 1 fully saturated rings. The van der Waals surface area contributed by atoms with Crippen molar-refractivity contribution in [1.29, 1.82) is 0 Å². The summed E-state index contributed by atoms with van der Waals surface area (Å²) in [5, 5.41) is 2.86. The lowest BCUT2D eigenvalue weighted by Gasteiger charge is -2.41. The Balaban J connectivity index is 1.52. The highest BCUT2D eigenvalue weighted by molar-refractivity contribution is 5.96. The minimum atomic E-state index is -0.277. The van der Waals surface area contributed by atoms with Crippen LogP contribution in [0.3, 0.4) is 0 Å². The Labute approximate surface area is 157 Å². The van der Waals surface area contributed by atoms with E-state index in [1.807, 2.05) is 0 Å². The maximum absolute atomic E-state index is 13.0. The molecule has 0 aliphatic carbocycles. The summed E-state index contributed by atoms with van der Waals surface area (Å²) in [5.41, 5.74) is 1.43. The minimum Gasteiger partial charge on any atom is -0.487 e. The number of ether oxygens (including phenoxy) is 1. The Hall–Kier alpha value is -2.70. The average Bonchev–Trinajstić information content (AvgIpc) is 2.59. The van der Waals surface area contributed by atoms with E-state index in [0.29, 0.717) is 42.8 Å². The van der Waals surface area contributed by atoms with E-state index in [1.54, 1.807) is 12.1 Å². The lowest BCUT2D eigenvalue weighted by Crippen LogP contribution is -2.55. The molecule has 1 aromatic carbocycles. The number of nitrogens with one attached hydrogen (secondary N) is 1. The molecular formula is C20H23FN4O2. The monoisotopic (exact) mass is 370 g/mol. The van der Waals surface area contributed by atoms with Gasteiger partial charge in [0.25, 0.3) is 5.91 Å². The van der Waals surface area contributed by atoms with Gasteiger partial charge in [-0.05, 0) is 36.6 Å². The summed E-state index contributed by atoms with van der Waals surface area (Å²) in [6, 6.07) is 6.05. The number of rotatable bonds is 5. The number of nitrogens with zero attached hydrogens (tertiary/aromatic N) is 3. The Morgan fingerprint density at radius 2 is 2.00 bits per heavy atom. The Morgan fingerprint density at radius 3 is 2.70 bits per heavy atom. The van der Waals surface area contributed by atoms with Crippen LogP contribution in [0.15, 0.2) is 24.3 Å². The summed E-state index contributed by atoms with van der Waals surface area (Å²) < 4.78 is 18.9. The number of amides is 1. The summed E-state index contributed by atoms with van der Waals surface area (Å²) in [7, 11) is 0. The molecule has 0 atom stereocenters. The quantitative estimate of drug-likeness (QED) is 0.875. The highest BCUT2D eigenvalue weighted by Crippen LogP contribution is 2.29. The van der Waals surface area contributed by atoms with Crippen LogP contribution in [0.5, 0.6) is 5.75 Å². The van der Waals surface area contributed by atoms with Gasteiger partial charge in [-0.1, -0.05) is 13.8 Å². The highest BCUT2D eigenvalue weighted by atomic mass is 19.1. The fourth-order valence-electron chi connectivity index (χ4n) is 3.43. The van der Waals surface area contributed by atoms with Crippen molar-refractivity contribution in [3.8, 4) is 5.75 Å². The van der Waals surface area contributed by atoms with Crippen LogP contribution in [0.4, 0.5) is 10.2 Å². The van der Waals surface area contributed by atoms with Crippen LogP contribution in [-0.4, -0.2) is 41.6 Å². The van der Waals surface area contributed by atoms with Gasteiger partial charge in [0.1, 0.15) is 35.0 Å². The molecular weight excluding hydrogens is 347 g/mol. The third-order valence-corrected chi connectivity index (χ3v) is 4.76. The molecule has 1 N–H and O–H groups in total. The second kappa shape index (κ2) is 7.13. The van der Waals surface area contributed by atoms with Crippen molar-refractivity contribution in [1.82, 2.24) is 15.3 Å². The lowest BCUT2D eigenvalue weighted by atomic mass is 10.0. The summed E-state index contributed by atoms with van der Waals surface area (Å²) >= 11 is 0. The van der Waals surface area contributed by atoms with E-state index in [9.17, 15) is 9.18 Å². The average molecular weight is 370 g/mol. The largest absolute Gasteiger partial charge is 0.487 e. The van der Waals surface area contributed by atoms with Crippen LogP contribution >= 0.6 is 0 Å². The van der Waals surface area contributed by atoms with Gasteiger partial charge in [0.15, 0.2) is 0 Å². The van der Waals surface area contributed by atoms with E-state index < -0.39 is 0 Å². The van der Waals surface area contributed by atoms with Gasteiger partial charge in [0, 0.05) is 18.5 Å². The number of anilines is 1. The zero-order valence-electron chi connectivity index (χ0n) is 15.5. The van der Waals surface area contributed by atoms with Gasteiger partial charge in [0.2, 0.25) is 0 Å². The first-order chi connectivity index (χ1) is 13.0. The first kappa shape index (κ1) is 17.7. The van der Waals surface area contributed by atoms with E-state index in [1.165, 1.54) is 12.1 Å². The van der Waals surface area contributed by atoms with Crippen LogP contribution in [0, 0.1) is 11.7 Å². The zero-order chi connectivity index (χ0) is 19.0. The molecule has 0 bridgehead atoms. The third kappa shape index (κ3) is 3.72. The third-order valence-electron chi connectivity index (χ3n) is 4.76. The molecule has 142 valence electrons. The molecule has 3 heterocycles. The second-order valence-electron chi connectivity index (χ2n) is 7.49. The predicted octanol–water partition coefficient (Wildman–Crippen LogP) is 2.37. The highest BCUT2D eigenvalue weighted by Gasteiger charge is 2.34. The van der Waals surface area contributed by atoms with E-state index in [-0.39, 0.29) is 17.8 Å². The Bertz CT molecular complexity index is 848. The Morgan fingerprint density at radius 1 is 1.26 bits per heavy atom. The SMILES string of the molecule is CC(C)Cc1nc2c(c(N3CC(Oc4ccc(F)cc4)C3)n1)CCNC2=O. The molecule has 27 heavy (non-hydrogen) atoms. The number of carbonyl (C=O) groups is 1. The molecule has 4 rings (SSSR count). The van der Waals surface area contributed by atoms with Gasteiger partial charge in [0.05, 0.1) is 13.1 Å². The van der Waals surface area contributed by atoms with Crippen LogP contribution in [0.1, 0.15) is 35.7 Å². The molecule has 6 nitrogen and oxygen atoms in total. The van der Waals surface area contributed by atoms with Gasteiger partial charge < -0.3 is 15.0 Å². The first-order valence-corrected chi connectivity index (χ1v) is 9.34. The molecule has 2 aliphatic heterocycles. The van der Waals surface area contributed by atoms with Gasteiger partial charge in [-0.15, -0.1) is 0 Å². The number of hydrogen-bond acceptors (Lipinski definition) is 5. The van der Waals surface area contributed by atoms with Gasteiger partial charge in [-0.3, -0.25) is 4.79 Å². The van der Waals surface area contributed by atoms with Crippen molar-refractivity contribution in [2.24, 2.45) is 5.92 Å². The molecule has 1 amide bonds.